The highest BCUT2D eigenvalue weighted by molar-refractivity contribution is 5.30. The lowest BCUT2D eigenvalue weighted by Crippen LogP contribution is -2.24. The molecule has 1 N–H and O–H groups in total. The Morgan fingerprint density at radius 2 is 2.00 bits per heavy atom. The maximum Gasteiger partial charge on any atom is 0.293 e. The van der Waals surface area contributed by atoms with Gasteiger partial charge in [0.05, 0.1) is 0 Å². The Labute approximate surface area is 122 Å². The summed E-state index contributed by atoms with van der Waals surface area (Å²) in [6, 6.07) is 0. The molecule has 0 spiro atoms. The minimum Gasteiger partial charge on any atom is -0.365 e. The third kappa shape index (κ3) is 6.22. The second-order valence-corrected chi connectivity index (χ2v) is 5.80. The van der Waals surface area contributed by atoms with Crippen LogP contribution in [-0.4, -0.2) is 16.1 Å². The maximum atomic E-state index is 12.0. The van der Waals surface area contributed by atoms with E-state index in [0.717, 1.165) is 31.8 Å². The second kappa shape index (κ2) is 9.56. The third-order valence-corrected chi connectivity index (χ3v) is 3.38. The molecule has 0 amide bonds. The summed E-state index contributed by atoms with van der Waals surface area (Å²) in [4.78, 5) is 16.2. The third-order valence-electron chi connectivity index (χ3n) is 3.38. The smallest absolute Gasteiger partial charge is 0.293 e. The van der Waals surface area contributed by atoms with Crippen molar-refractivity contribution in [2.75, 3.05) is 11.9 Å². The Morgan fingerprint density at radius 1 is 1.25 bits per heavy atom. The standard InChI is InChI=1S/C16H29N3O/c1-4-12-19-13-11-18-15(16(19)20)17-10-8-6-5-7-9-14(2)3/h11,13-14H,4-10,12H2,1-3H3,(H,17,18). The first kappa shape index (κ1) is 16.7. The molecule has 4 heteroatoms. The molecule has 0 aliphatic rings. The van der Waals surface area contributed by atoms with E-state index >= 15 is 0 Å². The van der Waals surface area contributed by atoms with Crippen LogP contribution in [0.2, 0.25) is 0 Å². The van der Waals surface area contributed by atoms with Gasteiger partial charge in [-0.3, -0.25) is 4.79 Å². The van der Waals surface area contributed by atoms with Crippen LogP contribution in [-0.2, 0) is 6.54 Å². The maximum absolute atomic E-state index is 12.0. The average molecular weight is 279 g/mol. The largest absolute Gasteiger partial charge is 0.365 e. The summed E-state index contributed by atoms with van der Waals surface area (Å²) in [5, 5.41) is 3.17. The molecule has 0 saturated heterocycles. The second-order valence-electron chi connectivity index (χ2n) is 5.80. The van der Waals surface area contributed by atoms with Crippen molar-refractivity contribution in [3.63, 3.8) is 0 Å². The van der Waals surface area contributed by atoms with Crippen LogP contribution in [0.25, 0.3) is 0 Å². The van der Waals surface area contributed by atoms with E-state index in [1.165, 1.54) is 25.7 Å². The predicted molar refractivity (Wildman–Crippen MR) is 85.2 cm³/mol. The molecule has 0 fully saturated rings. The molecule has 4 nitrogen and oxygen atoms in total. The van der Waals surface area contributed by atoms with Gasteiger partial charge in [0.2, 0.25) is 0 Å². The molecule has 0 radical (unpaired) electrons. The molecule has 1 heterocycles. The highest BCUT2D eigenvalue weighted by atomic mass is 16.1. The number of nitrogens with zero attached hydrogens (tertiary/aromatic N) is 2. The number of nitrogens with one attached hydrogen (secondary N) is 1. The summed E-state index contributed by atoms with van der Waals surface area (Å²) in [6.07, 6.45) is 10.6. The van der Waals surface area contributed by atoms with Crippen molar-refractivity contribution >= 4 is 5.82 Å². The van der Waals surface area contributed by atoms with Crippen LogP contribution in [0, 0.1) is 5.92 Å². The van der Waals surface area contributed by atoms with Crippen molar-refractivity contribution in [2.24, 2.45) is 5.92 Å². The van der Waals surface area contributed by atoms with Crippen LogP contribution in [0.15, 0.2) is 17.2 Å². The Bertz CT molecular complexity index is 426. The quantitative estimate of drug-likeness (QED) is 0.665. The van der Waals surface area contributed by atoms with Crippen LogP contribution >= 0.6 is 0 Å². The summed E-state index contributed by atoms with van der Waals surface area (Å²) in [5.41, 5.74) is -0.00541. The van der Waals surface area contributed by atoms with Gasteiger partial charge in [-0.1, -0.05) is 46.5 Å². The molecule has 1 aromatic heterocycles. The van der Waals surface area contributed by atoms with Gasteiger partial charge in [-0.15, -0.1) is 0 Å². The molecule has 0 saturated carbocycles. The van der Waals surface area contributed by atoms with Crippen molar-refractivity contribution in [1.82, 2.24) is 9.55 Å². The lowest BCUT2D eigenvalue weighted by Gasteiger charge is -2.08. The molecule has 1 rings (SSSR count). The first-order valence-corrected chi connectivity index (χ1v) is 7.94. The molecule has 0 aromatic carbocycles. The van der Waals surface area contributed by atoms with Crippen molar-refractivity contribution in [2.45, 2.75) is 65.8 Å². The monoisotopic (exact) mass is 279 g/mol. The summed E-state index contributed by atoms with van der Waals surface area (Å²) >= 11 is 0. The van der Waals surface area contributed by atoms with Gasteiger partial charge in [0.25, 0.3) is 5.56 Å². The van der Waals surface area contributed by atoms with Gasteiger partial charge >= 0.3 is 0 Å². The topological polar surface area (TPSA) is 46.9 Å². The van der Waals surface area contributed by atoms with E-state index in [1.807, 2.05) is 0 Å². The highest BCUT2D eigenvalue weighted by Gasteiger charge is 2.03. The van der Waals surface area contributed by atoms with Gasteiger partial charge < -0.3 is 9.88 Å². The summed E-state index contributed by atoms with van der Waals surface area (Å²) in [5.74, 6) is 1.29. The lowest BCUT2D eigenvalue weighted by atomic mass is 10.0. The molecule has 0 atom stereocenters. The van der Waals surface area contributed by atoms with Gasteiger partial charge in [-0.25, -0.2) is 4.98 Å². The van der Waals surface area contributed by atoms with Crippen LogP contribution in [0.4, 0.5) is 5.82 Å². The lowest BCUT2D eigenvalue weighted by molar-refractivity contribution is 0.522. The molecular weight excluding hydrogens is 250 g/mol. The number of aromatic nitrogens is 2. The number of hydrogen-bond donors (Lipinski definition) is 1. The van der Waals surface area contributed by atoms with Gasteiger partial charge in [0, 0.05) is 25.5 Å². The number of unbranched alkanes of at least 4 members (excludes halogenated alkanes) is 3. The van der Waals surface area contributed by atoms with Crippen LogP contribution < -0.4 is 10.9 Å². The first-order chi connectivity index (χ1) is 9.65. The van der Waals surface area contributed by atoms with Gasteiger partial charge in [0.1, 0.15) is 0 Å². The normalized spacial score (nSPS) is 11.0. The van der Waals surface area contributed by atoms with E-state index in [0.29, 0.717) is 5.82 Å². The van der Waals surface area contributed by atoms with Gasteiger partial charge in [0.15, 0.2) is 5.82 Å². The number of anilines is 1. The summed E-state index contributed by atoms with van der Waals surface area (Å²) in [6.45, 7) is 8.19. The molecule has 114 valence electrons. The van der Waals surface area contributed by atoms with E-state index in [-0.39, 0.29) is 5.56 Å². The zero-order valence-corrected chi connectivity index (χ0v) is 13.2. The van der Waals surface area contributed by atoms with E-state index in [2.05, 4.69) is 31.1 Å². The number of hydrogen-bond acceptors (Lipinski definition) is 3. The van der Waals surface area contributed by atoms with Crippen LogP contribution in [0.1, 0.15) is 59.3 Å². The van der Waals surface area contributed by atoms with Gasteiger partial charge in [-0.05, 0) is 18.8 Å². The van der Waals surface area contributed by atoms with E-state index < -0.39 is 0 Å². The van der Waals surface area contributed by atoms with E-state index in [1.54, 1.807) is 17.0 Å². The Hall–Kier alpha value is -1.32. The molecular formula is C16H29N3O. The Kier molecular flexibility index (Phi) is 8.00. The zero-order valence-electron chi connectivity index (χ0n) is 13.2. The minimum absolute atomic E-state index is 0.00541. The molecule has 0 unspecified atom stereocenters. The SMILES string of the molecule is CCCn1ccnc(NCCCCCCC(C)C)c1=O. The molecule has 0 bridgehead atoms. The minimum atomic E-state index is -0.00541. The van der Waals surface area contributed by atoms with Crippen molar-refractivity contribution < 1.29 is 0 Å². The van der Waals surface area contributed by atoms with E-state index in [4.69, 9.17) is 0 Å². The van der Waals surface area contributed by atoms with Crippen molar-refractivity contribution in [1.29, 1.82) is 0 Å². The average Bonchev–Trinajstić information content (AvgIpc) is 2.41. The van der Waals surface area contributed by atoms with E-state index in [9.17, 15) is 4.79 Å². The first-order valence-electron chi connectivity index (χ1n) is 7.94. The van der Waals surface area contributed by atoms with Crippen LogP contribution in [0.3, 0.4) is 0 Å². The van der Waals surface area contributed by atoms with Crippen molar-refractivity contribution in [3.05, 3.63) is 22.7 Å². The summed E-state index contributed by atoms with van der Waals surface area (Å²) < 4.78 is 1.72. The fraction of sp³-hybridized carbons (Fsp3) is 0.750. The Morgan fingerprint density at radius 3 is 2.70 bits per heavy atom. The number of rotatable bonds is 10. The van der Waals surface area contributed by atoms with Crippen LogP contribution in [0.5, 0.6) is 0 Å². The summed E-state index contributed by atoms with van der Waals surface area (Å²) in [7, 11) is 0. The molecule has 1 aromatic rings. The predicted octanol–water partition coefficient (Wildman–Crippen LogP) is 3.67. The fourth-order valence-electron chi connectivity index (χ4n) is 2.22. The fourth-order valence-corrected chi connectivity index (χ4v) is 2.22. The molecule has 0 aliphatic carbocycles. The van der Waals surface area contributed by atoms with Crippen molar-refractivity contribution in [3.8, 4) is 0 Å². The van der Waals surface area contributed by atoms with Gasteiger partial charge in [-0.2, -0.15) is 0 Å². The number of aryl methyl sites for hydroxylation is 1. The highest BCUT2D eigenvalue weighted by Crippen LogP contribution is 2.09. The molecule has 0 aliphatic heterocycles. The Balaban J connectivity index is 2.25. The zero-order chi connectivity index (χ0) is 14.8. The molecule has 20 heavy (non-hydrogen) atoms.